The van der Waals surface area contributed by atoms with E-state index in [1.807, 2.05) is 25.1 Å². The van der Waals surface area contributed by atoms with Crippen LogP contribution in [0.3, 0.4) is 0 Å². The molecule has 0 spiro atoms. The van der Waals surface area contributed by atoms with Crippen LogP contribution in [0.5, 0.6) is 5.75 Å². The summed E-state index contributed by atoms with van der Waals surface area (Å²) in [5.41, 5.74) is 8.85. The van der Waals surface area contributed by atoms with Crippen molar-refractivity contribution in [3.8, 4) is 5.75 Å². The molecule has 1 heterocycles. The van der Waals surface area contributed by atoms with Crippen molar-refractivity contribution in [3.63, 3.8) is 0 Å². The molecule has 2 aromatic carbocycles. The topological polar surface area (TPSA) is 35.2 Å². The Morgan fingerprint density at radius 2 is 1.90 bits per heavy atom. The van der Waals surface area contributed by atoms with Gasteiger partial charge in [-0.1, -0.05) is 23.8 Å². The molecule has 20 heavy (non-hydrogen) atoms. The summed E-state index contributed by atoms with van der Waals surface area (Å²) in [6, 6.07) is 9.47. The lowest BCUT2D eigenvalue weighted by Crippen LogP contribution is -2.24. The maximum absolute atomic E-state index is 13.3. The molecule has 0 aromatic heterocycles. The van der Waals surface area contributed by atoms with Gasteiger partial charge in [0, 0.05) is 18.0 Å². The fourth-order valence-corrected chi connectivity index (χ4v) is 2.54. The molecule has 2 nitrogen and oxygen atoms in total. The number of halogens is 2. The van der Waals surface area contributed by atoms with Crippen LogP contribution in [0.2, 0.25) is 0 Å². The second kappa shape index (κ2) is 4.87. The highest BCUT2D eigenvalue weighted by molar-refractivity contribution is 5.41. The minimum Gasteiger partial charge on any atom is -0.485 e. The van der Waals surface area contributed by atoms with Crippen LogP contribution >= 0.6 is 0 Å². The number of hydrogen-bond donors (Lipinski definition) is 1. The molecule has 1 aliphatic rings. The summed E-state index contributed by atoms with van der Waals surface area (Å²) in [5.74, 6) is -1.01. The molecule has 2 N–H and O–H groups in total. The van der Waals surface area contributed by atoms with E-state index < -0.39 is 11.6 Å². The molecule has 0 radical (unpaired) electrons. The number of fused-ring (bicyclic) bond motifs is 1. The largest absolute Gasteiger partial charge is 0.485 e. The Kier molecular flexibility index (Phi) is 3.18. The minimum absolute atomic E-state index is 0.170. The van der Waals surface area contributed by atoms with Crippen molar-refractivity contribution in [2.24, 2.45) is 5.73 Å². The monoisotopic (exact) mass is 275 g/mol. The van der Waals surface area contributed by atoms with E-state index in [-0.39, 0.29) is 12.1 Å². The van der Waals surface area contributed by atoms with Gasteiger partial charge < -0.3 is 10.5 Å². The van der Waals surface area contributed by atoms with Crippen LogP contribution in [0.25, 0.3) is 0 Å². The van der Waals surface area contributed by atoms with Crippen LogP contribution in [-0.2, 0) is 0 Å². The molecule has 4 heteroatoms. The molecule has 2 atom stereocenters. The van der Waals surface area contributed by atoms with Gasteiger partial charge in [-0.25, -0.2) is 8.78 Å². The van der Waals surface area contributed by atoms with Gasteiger partial charge in [0.1, 0.15) is 11.9 Å². The minimum atomic E-state index is -0.866. The molecular formula is C16H15F2NO. The first-order valence-electron chi connectivity index (χ1n) is 6.52. The average Bonchev–Trinajstić information content (AvgIpc) is 2.42. The quantitative estimate of drug-likeness (QED) is 0.859. The standard InChI is InChI=1S/C16H15F2NO/c1-9-2-5-15-11(6-9)14(19)8-16(20-15)10-3-4-12(17)13(18)7-10/h2-7,14,16H,8,19H2,1H3/t14-,16?/m0/s1. The van der Waals surface area contributed by atoms with Gasteiger partial charge >= 0.3 is 0 Å². The molecule has 0 fully saturated rings. The van der Waals surface area contributed by atoms with E-state index in [1.165, 1.54) is 12.1 Å². The number of nitrogens with two attached hydrogens (primary N) is 1. The molecule has 0 saturated carbocycles. The lowest BCUT2D eigenvalue weighted by Gasteiger charge is -2.31. The van der Waals surface area contributed by atoms with Gasteiger partial charge in [-0.05, 0) is 30.7 Å². The Bertz CT molecular complexity index is 657. The Morgan fingerprint density at radius 1 is 1.10 bits per heavy atom. The molecule has 0 saturated heterocycles. The van der Waals surface area contributed by atoms with Gasteiger partial charge in [0.05, 0.1) is 0 Å². The lowest BCUT2D eigenvalue weighted by atomic mass is 9.92. The van der Waals surface area contributed by atoms with E-state index in [4.69, 9.17) is 10.5 Å². The van der Waals surface area contributed by atoms with E-state index in [2.05, 4.69) is 0 Å². The zero-order chi connectivity index (χ0) is 14.3. The van der Waals surface area contributed by atoms with E-state index in [0.717, 1.165) is 17.2 Å². The SMILES string of the molecule is Cc1ccc2c(c1)[C@@H](N)CC(c1ccc(F)c(F)c1)O2. The zero-order valence-corrected chi connectivity index (χ0v) is 11.1. The van der Waals surface area contributed by atoms with Crippen molar-refractivity contribution in [1.29, 1.82) is 0 Å². The summed E-state index contributed by atoms with van der Waals surface area (Å²) in [4.78, 5) is 0. The molecular weight excluding hydrogens is 260 g/mol. The van der Waals surface area contributed by atoms with Gasteiger partial charge in [0.2, 0.25) is 0 Å². The molecule has 2 aromatic rings. The summed E-state index contributed by atoms with van der Waals surface area (Å²) in [6.07, 6.45) is 0.192. The van der Waals surface area contributed by atoms with Crippen LogP contribution in [0, 0.1) is 18.6 Å². The smallest absolute Gasteiger partial charge is 0.159 e. The summed E-state index contributed by atoms with van der Waals surface area (Å²) >= 11 is 0. The van der Waals surface area contributed by atoms with E-state index in [1.54, 1.807) is 0 Å². The highest BCUT2D eigenvalue weighted by Gasteiger charge is 2.27. The maximum Gasteiger partial charge on any atom is 0.159 e. The predicted octanol–water partition coefficient (Wildman–Crippen LogP) is 3.80. The van der Waals surface area contributed by atoms with Crippen LogP contribution in [0.1, 0.15) is 35.3 Å². The molecule has 0 aliphatic carbocycles. The molecule has 3 rings (SSSR count). The maximum atomic E-state index is 13.3. The predicted molar refractivity (Wildman–Crippen MR) is 72.5 cm³/mol. The van der Waals surface area contributed by atoms with Crippen molar-refractivity contribution in [2.45, 2.75) is 25.5 Å². The van der Waals surface area contributed by atoms with Crippen molar-refractivity contribution >= 4 is 0 Å². The van der Waals surface area contributed by atoms with Crippen LogP contribution in [0.15, 0.2) is 36.4 Å². The van der Waals surface area contributed by atoms with E-state index in [0.29, 0.717) is 17.7 Å². The van der Waals surface area contributed by atoms with Gasteiger partial charge in [-0.2, -0.15) is 0 Å². The number of ether oxygens (including phenoxy) is 1. The first-order chi connectivity index (χ1) is 9.54. The lowest BCUT2D eigenvalue weighted by molar-refractivity contribution is 0.161. The average molecular weight is 275 g/mol. The number of rotatable bonds is 1. The van der Waals surface area contributed by atoms with E-state index in [9.17, 15) is 8.78 Å². The molecule has 1 unspecified atom stereocenters. The number of hydrogen-bond acceptors (Lipinski definition) is 2. The summed E-state index contributed by atoms with van der Waals surface area (Å²) < 4.78 is 32.2. The van der Waals surface area contributed by atoms with Crippen LogP contribution in [0.4, 0.5) is 8.78 Å². The van der Waals surface area contributed by atoms with Crippen LogP contribution < -0.4 is 10.5 Å². The second-order valence-electron chi connectivity index (χ2n) is 5.16. The summed E-state index contributed by atoms with van der Waals surface area (Å²) in [6.45, 7) is 1.99. The second-order valence-corrected chi connectivity index (χ2v) is 5.16. The Balaban J connectivity index is 1.94. The highest BCUT2D eigenvalue weighted by Crippen LogP contribution is 2.40. The van der Waals surface area contributed by atoms with Crippen molar-refractivity contribution < 1.29 is 13.5 Å². The first kappa shape index (κ1) is 13.1. The van der Waals surface area contributed by atoms with Gasteiger partial charge in [0.25, 0.3) is 0 Å². The highest BCUT2D eigenvalue weighted by atomic mass is 19.2. The fraction of sp³-hybridized carbons (Fsp3) is 0.250. The van der Waals surface area contributed by atoms with Gasteiger partial charge in [0.15, 0.2) is 11.6 Å². The van der Waals surface area contributed by atoms with E-state index >= 15 is 0 Å². The van der Waals surface area contributed by atoms with Crippen molar-refractivity contribution in [1.82, 2.24) is 0 Å². The normalized spacial score (nSPS) is 21.2. The van der Waals surface area contributed by atoms with Gasteiger partial charge in [-0.15, -0.1) is 0 Å². The molecule has 0 amide bonds. The third kappa shape index (κ3) is 2.27. The molecule has 1 aliphatic heterocycles. The third-order valence-electron chi connectivity index (χ3n) is 3.62. The van der Waals surface area contributed by atoms with Crippen molar-refractivity contribution in [3.05, 3.63) is 64.7 Å². The number of aryl methyl sites for hydroxylation is 1. The summed E-state index contributed by atoms with van der Waals surface area (Å²) in [7, 11) is 0. The van der Waals surface area contributed by atoms with Gasteiger partial charge in [-0.3, -0.25) is 0 Å². The Labute approximate surface area is 116 Å². The number of benzene rings is 2. The van der Waals surface area contributed by atoms with Crippen molar-refractivity contribution in [2.75, 3.05) is 0 Å². The molecule has 0 bridgehead atoms. The first-order valence-corrected chi connectivity index (χ1v) is 6.52. The van der Waals surface area contributed by atoms with Crippen LogP contribution in [-0.4, -0.2) is 0 Å². The Morgan fingerprint density at radius 3 is 2.65 bits per heavy atom. The Hall–Kier alpha value is -1.94. The fourth-order valence-electron chi connectivity index (χ4n) is 2.54. The summed E-state index contributed by atoms with van der Waals surface area (Å²) in [5, 5.41) is 0. The zero-order valence-electron chi connectivity index (χ0n) is 11.1. The molecule has 104 valence electrons. The third-order valence-corrected chi connectivity index (χ3v) is 3.62.